The summed E-state index contributed by atoms with van der Waals surface area (Å²) in [6, 6.07) is 14.8. The normalized spacial score (nSPS) is 20.3. The van der Waals surface area contributed by atoms with Gasteiger partial charge in [0.15, 0.2) is 11.6 Å². The van der Waals surface area contributed by atoms with E-state index in [9.17, 15) is 14.4 Å². The number of nitrogens with zero attached hydrogens (tertiary/aromatic N) is 1. The number of allylic oxidation sites excluding steroid dienone is 3. The summed E-state index contributed by atoms with van der Waals surface area (Å²) in [6.45, 7) is 4.68. The van der Waals surface area contributed by atoms with Crippen molar-refractivity contribution < 1.29 is 14.4 Å². The molecule has 5 rings (SSSR count). The average Bonchev–Trinajstić information content (AvgIpc) is 3.20. The Balaban J connectivity index is 1.82. The highest BCUT2D eigenvalue weighted by atomic mass is 16.1. The molecule has 2 aliphatic heterocycles. The predicted molar refractivity (Wildman–Crippen MR) is 108 cm³/mol. The molecule has 0 spiro atoms. The Kier molecular flexibility index (Phi) is 3.81. The molecule has 0 saturated carbocycles. The van der Waals surface area contributed by atoms with E-state index in [2.05, 4.69) is 5.32 Å². The van der Waals surface area contributed by atoms with Gasteiger partial charge in [0.2, 0.25) is 5.78 Å². The topological polar surface area (TPSA) is 66.5 Å². The zero-order valence-electron chi connectivity index (χ0n) is 16.3. The van der Waals surface area contributed by atoms with Crippen LogP contribution >= 0.6 is 0 Å². The minimum Gasteiger partial charge on any atom is -0.369 e. The first-order valence-electron chi connectivity index (χ1n) is 9.74. The number of Topliss-reactive ketones (excluding diaryl/α,β-unsaturated/α-hetero) is 3. The van der Waals surface area contributed by atoms with Crippen LogP contribution in [0.25, 0.3) is 0 Å². The largest absolute Gasteiger partial charge is 0.369 e. The van der Waals surface area contributed by atoms with Gasteiger partial charge in [0, 0.05) is 41.3 Å². The maximum atomic E-state index is 13.6. The molecule has 2 heterocycles. The Morgan fingerprint density at radius 2 is 1.66 bits per heavy atom. The fraction of sp³-hybridized carbons (Fsp3) is 0.208. The van der Waals surface area contributed by atoms with Crippen LogP contribution in [-0.4, -0.2) is 35.3 Å². The van der Waals surface area contributed by atoms with Crippen LogP contribution in [0.2, 0.25) is 0 Å². The van der Waals surface area contributed by atoms with Gasteiger partial charge in [0.05, 0.1) is 5.70 Å². The molecule has 2 aromatic carbocycles. The summed E-state index contributed by atoms with van der Waals surface area (Å²) in [6.07, 6.45) is 0. The predicted octanol–water partition coefficient (Wildman–Crippen LogP) is 3.13. The van der Waals surface area contributed by atoms with E-state index in [1.54, 1.807) is 24.3 Å². The molecular formula is C24H20N2O3. The summed E-state index contributed by atoms with van der Waals surface area (Å²) in [4.78, 5) is 41.7. The zero-order chi connectivity index (χ0) is 20.3. The SMILES string of the molecule is CC(=O)C1=C2NCCN2C2=C(C(=O)c3ccccc3C2=O)C1c1ccc(C)cc1. The summed E-state index contributed by atoms with van der Waals surface area (Å²) in [5.41, 5.74) is 4.14. The van der Waals surface area contributed by atoms with Crippen molar-refractivity contribution in [2.24, 2.45) is 0 Å². The van der Waals surface area contributed by atoms with Gasteiger partial charge in [-0.15, -0.1) is 0 Å². The lowest BCUT2D eigenvalue weighted by Gasteiger charge is -2.38. The number of carbonyl (C=O) groups excluding carboxylic acids is 3. The smallest absolute Gasteiger partial charge is 0.210 e. The van der Waals surface area contributed by atoms with Crippen LogP contribution in [0.1, 0.15) is 44.7 Å². The lowest BCUT2D eigenvalue weighted by Crippen LogP contribution is -2.40. The number of nitrogens with one attached hydrogen (secondary N) is 1. The van der Waals surface area contributed by atoms with E-state index < -0.39 is 5.92 Å². The highest BCUT2D eigenvalue weighted by Gasteiger charge is 2.47. The molecule has 1 unspecified atom stereocenters. The number of hydrogen-bond acceptors (Lipinski definition) is 5. The van der Waals surface area contributed by atoms with Crippen LogP contribution in [0, 0.1) is 6.92 Å². The first-order chi connectivity index (χ1) is 14.0. The first kappa shape index (κ1) is 17.6. The molecule has 0 bridgehead atoms. The Bertz CT molecular complexity index is 1150. The number of fused-ring (bicyclic) bond motifs is 3. The van der Waals surface area contributed by atoms with Gasteiger partial charge in [0.1, 0.15) is 5.82 Å². The maximum absolute atomic E-state index is 13.6. The highest BCUT2D eigenvalue weighted by Crippen LogP contribution is 2.46. The van der Waals surface area contributed by atoms with Gasteiger partial charge >= 0.3 is 0 Å². The molecule has 5 nitrogen and oxygen atoms in total. The molecule has 144 valence electrons. The number of carbonyl (C=O) groups is 3. The molecule has 1 aliphatic carbocycles. The summed E-state index contributed by atoms with van der Waals surface area (Å²) < 4.78 is 0. The molecule has 0 aromatic heterocycles. The third-order valence-corrected chi connectivity index (χ3v) is 5.92. The molecular weight excluding hydrogens is 364 g/mol. The van der Waals surface area contributed by atoms with Crippen molar-refractivity contribution in [1.82, 2.24) is 10.2 Å². The Morgan fingerprint density at radius 1 is 1.00 bits per heavy atom. The minimum absolute atomic E-state index is 0.101. The van der Waals surface area contributed by atoms with Crippen molar-refractivity contribution in [2.75, 3.05) is 13.1 Å². The number of hydrogen-bond donors (Lipinski definition) is 1. The highest BCUT2D eigenvalue weighted by molar-refractivity contribution is 6.28. The van der Waals surface area contributed by atoms with Crippen LogP contribution in [0.4, 0.5) is 0 Å². The van der Waals surface area contributed by atoms with Crippen LogP contribution in [-0.2, 0) is 4.79 Å². The van der Waals surface area contributed by atoms with Crippen LogP contribution in [0.5, 0.6) is 0 Å². The molecule has 1 fully saturated rings. The fourth-order valence-corrected chi connectivity index (χ4v) is 4.62. The van der Waals surface area contributed by atoms with Gasteiger partial charge < -0.3 is 10.2 Å². The van der Waals surface area contributed by atoms with E-state index >= 15 is 0 Å². The van der Waals surface area contributed by atoms with Crippen molar-refractivity contribution in [3.63, 3.8) is 0 Å². The number of aryl methyl sites for hydroxylation is 1. The summed E-state index contributed by atoms with van der Waals surface area (Å²) in [5, 5.41) is 3.28. The quantitative estimate of drug-likeness (QED) is 0.862. The zero-order valence-corrected chi connectivity index (χ0v) is 16.3. The molecule has 2 aromatic rings. The second-order valence-electron chi connectivity index (χ2n) is 7.71. The second-order valence-corrected chi connectivity index (χ2v) is 7.71. The molecule has 0 amide bonds. The molecule has 5 heteroatoms. The third-order valence-electron chi connectivity index (χ3n) is 5.92. The average molecular weight is 384 g/mol. The van der Waals surface area contributed by atoms with E-state index in [1.807, 2.05) is 36.1 Å². The van der Waals surface area contributed by atoms with Crippen molar-refractivity contribution >= 4 is 17.3 Å². The van der Waals surface area contributed by atoms with Crippen molar-refractivity contribution in [3.05, 3.63) is 93.4 Å². The lowest BCUT2D eigenvalue weighted by atomic mass is 9.72. The number of benzene rings is 2. The summed E-state index contributed by atoms with van der Waals surface area (Å²) >= 11 is 0. The van der Waals surface area contributed by atoms with Gasteiger partial charge in [-0.2, -0.15) is 0 Å². The molecule has 1 saturated heterocycles. The van der Waals surface area contributed by atoms with Gasteiger partial charge in [0.25, 0.3) is 0 Å². The number of rotatable bonds is 2. The van der Waals surface area contributed by atoms with E-state index in [1.165, 1.54) is 6.92 Å². The van der Waals surface area contributed by atoms with E-state index in [4.69, 9.17) is 0 Å². The van der Waals surface area contributed by atoms with E-state index in [0.29, 0.717) is 46.9 Å². The standard InChI is InChI=1S/C24H20N2O3/c1-13-7-9-15(10-8-13)19-18(14(2)27)24-25-11-12-26(24)21-20(19)22(28)16-5-3-4-6-17(16)23(21)29/h3-10,19,25H,11-12H2,1-2H3. The Labute approximate surface area is 168 Å². The second kappa shape index (κ2) is 6.27. The lowest BCUT2D eigenvalue weighted by molar-refractivity contribution is -0.114. The monoisotopic (exact) mass is 384 g/mol. The molecule has 29 heavy (non-hydrogen) atoms. The summed E-state index contributed by atoms with van der Waals surface area (Å²) in [7, 11) is 0. The Morgan fingerprint density at radius 3 is 2.31 bits per heavy atom. The maximum Gasteiger partial charge on any atom is 0.210 e. The molecule has 1 atom stereocenters. The molecule has 1 N–H and O–H groups in total. The van der Waals surface area contributed by atoms with Crippen molar-refractivity contribution in [3.8, 4) is 0 Å². The third kappa shape index (κ3) is 2.43. The minimum atomic E-state index is -0.565. The Hall–Kier alpha value is -3.47. The van der Waals surface area contributed by atoms with Crippen LogP contribution < -0.4 is 5.32 Å². The van der Waals surface area contributed by atoms with Crippen molar-refractivity contribution in [2.45, 2.75) is 19.8 Å². The van der Waals surface area contributed by atoms with Gasteiger partial charge in [-0.25, -0.2) is 0 Å². The van der Waals surface area contributed by atoms with E-state index in [0.717, 1.165) is 11.1 Å². The summed E-state index contributed by atoms with van der Waals surface area (Å²) in [5.74, 6) is -0.343. The molecule has 0 radical (unpaired) electrons. The van der Waals surface area contributed by atoms with Gasteiger partial charge in [-0.3, -0.25) is 14.4 Å². The van der Waals surface area contributed by atoms with Crippen molar-refractivity contribution in [1.29, 1.82) is 0 Å². The van der Waals surface area contributed by atoms with Gasteiger partial charge in [-0.1, -0.05) is 54.1 Å². The van der Waals surface area contributed by atoms with Crippen LogP contribution in [0.15, 0.2) is 71.2 Å². The number of ketones is 3. The molecule has 3 aliphatic rings. The first-order valence-corrected chi connectivity index (χ1v) is 9.74. The van der Waals surface area contributed by atoms with Gasteiger partial charge in [-0.05, 0) is 19.4 Å². The van der Waals surface area contributed by atoms with E-state index in [-0.39, 0.29) is 17.3 Å². The van der Waals surface area contributed by atoms with Crippen LogP contribution in [0.3, 0.4) is 0 Å². The fourth-order valence-electron chi connectivity index (χ4n) is 4.62.